The van der Waals surface area contributed by atoms with Crippen LogP contribution in [0.5, 0.6) is 0 Å². The first kappa shape index (κ1) is 48.4. The SMILES string of the molecule is C=C(CC)C(Cl)CC.CC=C(C)C(Cl)CC.CCC(C)(C)CC(C)(C)CC(C)=CCCC(C)(C)C.CCC=C(C)CC. The average Bonchev–Trinajstić information content (AvgIpc) is 2.90. The molecule has 0 saturated carbocycles. The Labute approximate surface area is 278 Å². The minimum Gasteiger partial charge on any atom is -0.118 e. The van der Waals surface area contributed by atoms with Crippen molar-refractivity contribution in [2.75, 3.05) is 0 Å². The highest BCUT2D eigenvalue weighted by Gasteiger charge is 2.27. The standard InChI is InChI=1S/C19H38.2C7H13Cl.C7H14/c1-10-18(6,7)15-19(8,9)14-16(2)12-11-13-17(3,4)5;2*1-4-6(3)7(8)5-2;1-4-6-7(3)5-2/h12H,10-11,13-15H2,1-9H3;4,7H,5H2,1-3H3;7H,3-5H2,1-2H3;6H,4-5H2,1-3H3. The summed E-state index contributed by atoms with van der Waals surface area (Å²) in [6.07, 6.45) is 18.5. The Balaban J connectivity index is -0.000000260. The summed E-state index contributed by atoms with van der Waals surface area (Å²) in [4.78, 5) is 0. The van der Waals surface area contributed by atoms with E-state index in [9.17, 15) is 0 Å². The van der Waals surface area contributed by atoms with Crippen LogP contribution in [0.15, 0.2) is 47.1 Å². The predicted octanol–water partition coefficient (Wildman–Crippen LogP) is 15.7. The highest BCUT2D eigenvalue weighted by atomic mass is 35.5. The summed E-state index contributed by atoms with van der Waals surface area (Å²) < 4.78 is 0. The molecule has 0 spiro atoms. The van der Waals surface area contributed by atoms with Gasteiger partial charge in [-0.1, -0.05) is 144 Å². The minimum absolute atomic E-state index is 0.194. The minimum atomic E-state index is 0.194. The third-order valence-electron chi connectivity index (χ3n) is 7.73. The Morgan fingerprint density at radius 2 is 1.21 bits per heavy atom. The van der Waals surface area contributed by atoms with Gasteiger partial charge in [0.15, 0.2) is 0 Å². The maximum absolute atomic E-state index is 5.85. The van der Waals surface area contributed by atoms with Crippen LogP contribution in [0.25, 0.3) is 0 Å². The molecule has 0 radical (unpaired) electrons. The number of hydrogen-bond acceptors (Lipinski definition) is 0. The molecule has 0 aliphatic carbocycles. The van der Waals surface area contributed by atoms with Gasteiger partial charge in [0.05, 0.1) is 10.8 Å². The second-order valence-corrected chi connectivity index (χ2v) is 15.8. The predicted molar refractivity (Wildman–Crippen MR) is 203 cm³/mol. The van der Waals surface area contributed by atoms with Crippen LogP contribution in [0.3, 0.4) is 0 Å². The van der Waals surface area contributed by atoms with E-state index in [1.54, 1.807) is 5.57 Å². The van der Waals surface area contributed by atoms with Gasteiger partial charge in [0.2, 0.25) is 0 Å². The second kappa shape index (κ2) is 26.9. The Morgan fingerprint density at radius 1 is 0.714 bits per heavy atom. The van der Waals surface area contributed by atoms with Crippen molar-refractivity contribution in [3.8, 4) is 0 Å². The molecule has 0 bridgehead atoms. The smallest absolute Gasteiger partial charge is 0.0539 e. The fraction of sp³-hybridized carbons (Fsp3) is 0.800. The monoisotopic (exact) mass is 629 g/mol. The van der Waals surface area contributed by atoms with E-state index in [1.165, 1.54) is 56.1 Å². The Bertz CT molecular complexity index is 740. The third kappa shape index (κ3) is 34.0. The van der Waals surface area contributed by atoms with Crippen molar-refractivity contribution in [3.63, 3.8) is 0 Å². The average molecular weight is 630 g/mol. The van der Waals surface area contributed by atoms with Gasteiger partial charge in [-0.15, -0.1) is 23.2 Å². The summed E-state index contributed by atoms with van der Waals surface area (Å²) in [6.45, 7) is 41.9. The van der Waals surface area contributed by atoms with Gasteiger partial charge in [0.1, 0.15) is 0 Å². The molecule has 0 amide bonds. The molecule has 2 unspecified atom stereocenters. The largest absolute Gasteiger partial charge is 0.118 e. The number of hydrogen-bond donors (Lipinski definition) is 0. The summed E-state index contributed by atoms with van der Waals surface area (Å²) in [6, 6.07) is 0. The number of rotatable bonds is 14. The van der Waals surface area contributed by atoms with Gasteiger partial charge in [0, 0.05) is 0 Å². The van der Waals surface area contributed by atoms with E-state index in [1.807, 2.05) is 6.92 Å². The van der Waals surface area contributed by atoms with Crippen molar-refractivity contribution in [1.29, 1.82) is 0 Å². The van der Waals surface area contributed by atoms with Crippen LogP contribution in [0.2, 0.25) is 0 Å². The van der Waals surface area contributed by atoms with Crippen molar-refractivity contribution in [1.82, 2.24) is 0 Å². The summed E-state index contributed by atoms with van der Waals surface area (Å²) in [7, 11) is 0. The van der Waals surface area contributed by atoms with E-state index >= 15 is 0 Å². The zero-order chi connectivity index (χ0) is 34.2. The Morgan fingerprint density at radius 3 is 1.48 bits per heavy atom. The van der Waals surface area contributed by atoms with E-state index in [0.717, 1.165) is 24.8 Å². The molecule has 0 saturated heterocycles. The highest BCUT2D eigenvalue weighted by molar-refractivity contribution is 6.22. The second-order valence-electron chi connectivity index (χ2n) is 14.8. The lowest BCUT2D eigenvalue weighted by Gasteiger charge is -2.34. The van der Waals surface area contributed by atoms with Crippen molar-refractivity contribution >= 4 is 23.2 Å². The molecule has 0 fully saturated rings. The molecular weight excluding hydrogens is 551 g/mol. The fourth-order valence-corrected chi connectivity index (χ4v) is 4.85. The van der Waals surface area contributed by atoms with Gasteiger partial charge in [0.25, 0.3) is 0 Å². The van der Waals surface area contributed by atoms with E-state index in [-0.39, 0.29) is 10.8 Å². The van der Waals surface area contributed by atoms with Crippen LogP contribution in [-0.4, -0.2) is 10.8 Å². The first-order valence-corrected chi connectivity index (χ1v) is 17.9. The maximum atomic E-state index is 5.85. The Kier molecular flexibility index (Phi) is 31.0. The number of allylic oxidation sites excluding steroid dienone is 7. The molecule has 2 heteroatoms. The molecule has 0 aliphatic rings. The summed E-state index contributed by atoms with van der Waals surface area (Å²) >= 11 is 11.7. The molecule has 0 heterocycles. The zero-order valence-corrected chi connectivity index (χ0v) is 33.4. The first-order chi connectivity index (χ1) is 19.1. The molecule has 0 aromatic carbocycles. The lowest BCUT2D eigenvalue weighted by atomic mass is 9.71. The van der Waals surface area contributed by atoms with E-state index in [0.29, 0.717) is 16.2 Å². The summed E-state index contributed by atoms with van der Waals surface area (Å²) in [5.74, 6) is 0. The van der Waals surface area contributed by atoms with Crippen LogP contribution in [-0.2, 0) is 0 Å². The topological polar surface area (TPSA) is 0 Å². The first-order valence-electron chi connectivity index (χ1n) is 17.0. The summed E-state index contributed by atoms with van der Waals surface area (Å²) in [5, 5.41) is 0.444. The van der Waals surface area contributed by atoms with Crippen molar-refractivity contribution in [3.05, 3.63) is 47.1 Å². The fourth-order valence-electron chi connectivity index (χ4n) is 4.57. The maximum Gasteiger partial charge on any atom is 0.0539 e. The lowest BCUT2D eigenvalue weighted by molar-refractivity contribution is 0.187. The molecule has 252 valence electrons. The highest BCUT2D eigenvalue weighted by Crippen LogP contribution is 2.40. The van der Waals surface area contributed by atoms with Crippen molar-refractivity contribution < 1.29 is 0 Å². The van der Waals surface area contributed by atoms with E-state index in [2.05, 4.69) is 136 Å². The molecule has 0 rings (SSSR count). The molecule has 0 aromatic heterocycles. The summed E-state index contributed by atoms with van der Waals surface area (Å²) in [5.41, 5.74) is 6.83. The zero-order valence-electron chi connectivity index (χ0n) is 31.9. The van der Waals surface area contributed by atoms with Crippen LogP contribution in [0, 0.1) is 16.2 Å². The van der Waals surface area contributed by atoms with Crippen LogP contribution in [0.4, 0.5) is 0 Å². The van der Waals surface area contributed by atoms with Crippen LogP contribution in [0.1, 0.15) is 182 Å². The molecule has 0 N–H and O–H groups in total. The quantitative estimate of drug-likeness (QED) is 0.132. The van der Waals surface area contributed by atoms with Crippen LogP contribution < -0.4 is 0 Å². The van der Waals surface area contributed by atoms with Gasteiger partial charge < -0.3 is 0 Å². The molecule has 0 aromatic rings. The number of halogens is 2. The van der Waals surface area contributed by atoms with E-state index < -0.39 is 0 Å². The van der Waals surface area contributed by atoms with Gasteiger partial charge in [-0.25, -0.2) is 0 Å². The lowest BCUT2D eigenvalue weighted by Crippen LogP contribution is -2.22. The van der Waals surface area contributed by atoms with Crippen molar-refractivity contribution in [2.24, 2.45) is 16.2 Å². The molecule has 42 heavy (non-hydrogen) atoms. The molecule has 0 aliphatic heterocycles. The molecule has 2 atom stereocenters. The molecule has 0 nitrogen and oxygen atoms in total. The third-order valence-corrected chi connectivity index (χ3v) is 9.00. The number of alkyl halides is 2. The van der Waals surface area contributed by atoms with Crippen molar-refractivity contribution in [2.45, 2.75) is 193 Å². The van der Waals surface area contributed by atoms with Gasteiger partial charge in [-0.2, -0.15) is 0 Å². The van der Waals surface area contributed by atoms with E-state index in [4.69, 9.17) is 23.2 Å². The van der Waals surface area contributed by atoms with Gasteiger partial charge in [-0.3, -0.25) is 0 Å². The van der Waals surface area contributed by atoms with Gasteiger partial charge in [-0.05, 0) is 102 Å². The van der Waals surface area contributed by atoms with Gasteiger partial charge >= 0.3 is 0 Å². The Hall–Kier alpha value is -0.460. The normalized spacial score (nSPS) is 14.4. The molecular formula is C40H78Cl2. The van der Waals surface area contributed by atoms with Crippen LogP contribution >= 0.6 is 23.2 Å².